The standard InChI is InChI=1S/C26H21F2N3O/c27-21-8-4-17(5-9-21)16-20-2-1-3-23-24(20)30-31(26(32)19-12-14-29-15-13-19)25(23)18-6-10-22(28)11-7-18/h4-16,23,25H,1-3H2/b20-16-/t23-,25+/m1/s1. The molecule has 6 heteroatoms. The number of aromatic nitrogens is 1. The molecule has 4 nitrogen and oxygen atoms in total. The highest BCUT2D eigenvalue weighted by Crippen LogP contribution is 2.44. The Kier molecular flexibility index (Phi) is 5.35. The molecule has 1 aliphatic heterocycles. The number of allylic oxidation sites excluding steroid dienone is 1. The first-order chi connectivity index (χ1) is 15.6. The molecule has 1 amide bonds. The highest BCUT2D eigenvalue weighted by atomic mass is 19.1. The molecular weight excluding hydrogens is 408 g/mol. The molecule has 32 heavy (non-hydrogen) atoms. The van der Waals surface area contributed by atoms with Crippen LogP contribution >= 0.6 is 0 Å². The summed E-state index contributed by atoms with van der Waals surface area (Å²) in [4.78, 5) is 17.4. The van der Waals surface area contributed by atoms with Gasteiger partial charge < -0.3 is 0 Å². The van der Waals surface area contributed by atoms with E-state index >= 15 is 0 Å². The molecule has 2 aliphatic rings. The van der Waals surface area contributed by atoms with Gasteiger partial charge in [0, 0.05) is 23.9 Å². The summed E-state index contributed by atoms with van der Waals surface area (Å²) in [6.07, 6.45) is 7.84. The van der Waals surface area contributed by atoms with Crippen molar-refractivity contribution in [3.05, 3.63) is 107 Å². The number of hydrogen-bond acceptors (Lipinski definition) is 3. The van der Waals surface area contributed by atoms with E-state index in [9.17, 15) is 13.6 Å². The first-order valence-corrected chi connectivity index (χ1v) is 10.6. The number of hydrogen-bond donors (Lipinski definition) is 0. The van der Waals surface area contributed by atoms with Crippen molar-refractivity contribution in [3.63, 3.8) is 0 Å². The van der Waals surface area contributed by atoms with Gasteiger partial charge in [-0.05, 0) is 78.4 Å². The molecule has 160 valence electrons. The molecule has 0 bridgehead atoms. The highest BCUT2D eigenvalue weighted by molar-refractivity contribution is 6.09. The second-order valence-electron chi connectivity index (χ2n) is 8.09. The number of hydrazone groups is 1. The lowest BCUT2D eigenvalue weighted by atomic mass is 9.77. The average Bonchev–Trinajstić information content (AvgIpc) is 3.22. The van der Waals surface area contributed by atoms with Crippen LogP contribution in [0, 0.1) is 17.6 Å². The molecule has 2 atom stereocenters. The van der Waals surface area contributed by atoms with Gasteiger partial charge in [-0.1, -0.05) is 24.3 Å². The van der Waals surface area contributed by atoms with E-state index in [2.05, 4.69) is 4.98 Å². The van der Waals surface area contributed by atoms with E-state index in [1.165, 1.54) is 29.3 Å². The predicted octanol–water partition coefficient (Wildman–Crippen LogP) is 5.80. The van der Waals surface area contributed by atoms with Crippen LogP contribution < -0.4 is 0 Å². The van der Waals surface area contributed by atoms with Crippen LogP contribution in [0.3, 0.4) is 0 Å². The van der Waals surface area contributed by atoms with Gasteiger partial charge in [0.1, 0.15) is 11.6 Å². The zero-order valence-corrected chi connectivity index (χ0v) is 17.3. The van der Waals surface area contributed by atoms with Crippen molar-refractivity contribution in [1.29, 1.82) is 0 Å². The van der Waals surface area contributed by atoms with Crippen LogP contribution in [-0.2, 0) is 0 Å². The third-order valence-corrected chi connectivity index (χ3v) is 6.06. The fourth-order valence-corrected chi connectivity index (χ4v) is 4.55. The monoisotopic (exact) mass is 429 g/mol. The Morgan fingerprint density at radius 2 is 1.59 bits per heavy atom. The average molecular weight is 429 g/mol. The summed E-state index contributed by atoms with van der Waals surface area (Å²) < 4.78 is 26.9. The number of halogens is 2. The van der Waals surface area contributed by atoms with Gasteiger partial charge >= 0.3 is 0 Å². The number of carbonyl (C=O) groups excluding carboxylic acids is 1. The minimum absolute atomic E-state index is 0.00620. The second kappa shape index (κ2) is 8.46. The lowest BCUT2D eigenvalue weighted by molar-refractivity contribution is 0.0680. The largest absolute Gasteiger partial charge is 0.274 e. The Morgan fingerprint density at radius 3 is 2.28 bits per heavy atom. The lowest BCUT2D eigenvalue weighted by Gasteiger charge is -2.29. The van der Waals surface area contributed by atoms with Crippen LogP contribution in [-0.4, -0.2) is 21.6 Å². The van der Waals surface area contributed by atoms with E-state index in [4.69, 9.17) is 5.10 Å². The van der Waals surface area contributed by atoms with Crippen molar-refractivity contribution >= 4 is 17.7 Å². The van der Waals surface area contributed by atoms with Crippen LogP contribution in [0.5, 0.6) is 0 Å². The zero-order valence-electron chi connectivity index (χ0n) is 17.3. The molecule has 0 radical (unpaired) electrons. The van der Waals surface area contributed by atoms with Crippen LogP contribution in [0.25, 0.3) is 6.08 Å². The van der Waals surface area contributed by atoms with Gasteiger partial charge in [-0.3, -0.25) is 9.78 Å². The molecule has 1 saturated carbocycles. The van der Waals surface area contributed by atoms with Gasteiger partial charge in [0.2, 0.25) is 0 Å². The Balaban J connectivity index is 1.57. The maximum absolute atomic E-state index is 13.6. The minimum atomic E-state index is -0.319. The summed E-state index contributed by atoms with van der Waals surface area (Å²) in [5.41, 5.74) is 4.16. The molecule has 5 rings (SSSR count). The molecule has 0 N–H and O–H groups in total. The van der Waals surface area contributed by atoms with E-state index in [1.807, 2.05) is 6.08 Å². The van der Waals surface area contributed by atoms with Crippen molar-refractivity contribution in [3.8, 4) is 0 Å². The maximum Gasteiger partial charge on any atom is 0.274 e. The molecule has 0 spiro atoms. The summed E-state index contributed by atoms with van der Waals surface area (Å²) in [6.45, 7) is 0. The first kappa shape index (κ1) is 20.2. The minimum Gasteiger partial charge on any atom is -0.267 e. The Bertz CT molecular complexity index is 1190. The summed E-state index contributed by atoms with van der Waals surface area (Å²) in [5, 5.41) is 6.34. The number of amides is 1. The summed E-state index contributed by atoms with van der Waals surface area (Å²) in [7, 11) is 0. The number of carbonyl (C=O) groups is 1. The van der Waals surface area contributed by atoms with E-state index < -0.39 is 0 Å². The topological polar surface area (TPSA) is 45.6 Å². The summed E-state index contributed by atoms with van der Waals surface area (Å²) in [6, 6.07) is 15.6. The van der Waals surface area contributed by atoms with E-state index in [-0.39, 0.29) is 29.5 Å². The van der Waals surface area contributed by atoms with Crippen molar-refractivity contribution in [2.45, 2.75) is 25.3 Å². The van der Waals surface area contributed by atoms with Crippen molar-refractivity contribution < 1.29 is 13.6 Å². The van der Waals surface area contributed by atoms with Crippen molar-refractivity contribution in [1.82, 2.24) is 9.99 Å². The number of fused-ring (bicyclic) bond motifs is 1. The zero-order chi connectivity index (χ0) is 22.1. The fourth-order valence-electron chi connectivity index (χ4n) is 4.55. The summed E-state index contributed by atoms with van der Waals surface area (Å²) in [5.74, 6) is -0.811. The van der Waals surface area contributed by atoms with Gasteiger partial charge in [0.15, 0.2) is 0 Å². The number of benzene rings is 2. The van der Waals surface area contributed by atoms with Crippen molar-refractivity contribution in [2.75, 3.05) is 0 Å². The molecule has 0 saturated heterocycles. The van der Waals surface area contributed by atoms with Crippen LogP contribution in [0.2, 0.25) is 0 Å². The summed E-state index contributed by atoms with van der Waals surface area (Å²) >= 11 is 0. The first-order valence-electron chi connectivity index (χ1n) is 10.6. The lowest BCUT2D eigenvalue weighted by Crippen LogP contribution is -2.31. The number of pyridine rings is 1. The predicted molar refractivity (Wildman–Crippen MR) is 119 cm³/mol. The third-order valence-electron chi connectivity index (χ3n) is 6.06. The van der Waals surface area contributed by atoms with Gasteiger partial charge in [-0.2, -0.15) is 5.10 Å². The highest BCUT2D eigenvalue weighted by Gasteiger charge is 2.43. The fraction of sp³-hybridized carbons (Fsp3) is 0.192. The van der Waals surface area contributed by atoms with E-state index in [0.29, 0.717) is 5.56 Å². The second-order valence-corrected chi connectivity index (χ2v) is 8.09. The quantitative estimate of drug-likeness (QED) is 0.529. The van der Waals surface area contributed by atoms with Crippen LogP contribution in [0.1, 0.15) is 46.8 Å². The SMILES string of the molecule is O=C(c1ccncc1)N1N=C2/C(=C\c3ccc(F)cc3)CCC[C@H]2[C@@H]1c1ccc(F)cc1. The molecule has 1 aromatic heterocycles. The van der Waals surface area contributed by atoms with Gasteiger partial charge in [0.05, 0.1) is 11.8 Å². The smallest absolute Gasteiger partial charge is 0.267 e. The van der Waals surface area contributed by atoms with Gasteiger partial charge in [0.25, 0.3) is 5.91 Å². The van der Waals surface area contributed by atoms with E-state index in [1.54, 1.807) is 48.8 Å². The van der Waals surface area contributed by atoms with Crippen molar-refractivity contribution in [2.24, 2.45) is 11.0 Å². The molecule has 3 aromatic rings. The number of nitrogens with zero attached hydrogens (tertiary/aromatic N) is 3. The van der Waals surface area contributed by atoms with Gasteiger partial charge in [-0.25, -0.2) is 13.8 Å². The molecule has 0 unspecified atom stereocenters. The normalized spacial score (nSPS) is 21.4. The third kappa shape index (κ3) is 3.84. The molecule has 2 aromatic carbocycles. The van der Waals surface area contributed by atoms with Crippen LogP contribution in [0.15, 0.2) is 83.7 Å². The van der Waals surface area contributed by atoms with E-state index in [0.717, 1.165) is 41.7 Å². The maximum atomic E-state index is 13.6. The Hall–Kier alpha value is -3.67. The molecule has 1 fully saturated rings. The molecule has 2 heterocycles. The molecule has 1 aliphatic carbocycles. The Labute approximate surface area is 184 Å². The Morgan fingerprint density at radius 1 is 0.938 bits per heavy atom. The molecular formula is C26H21F2N3O. The van der Waals surface area contributed by atoms with Crippen LogP contribution in [0.4, 0.5) is 8.78 Å². The number of rotatable bonds is 3. The van der Waals surface area contributed by atoms with Gasteiger partial charge in [-0.15, -0.1) is 0 Å².